The molecule has 1 N–H and O–H groups in total. The van der Waals surface area contributed by atoms with Crippen LogP contribution in [0.2, 0.25) is 0 Å². The maximum Gasteiger partial charge on any atom is 0.380 e. The first-order chi connectivity index (χ1) is 21.4. The molecule has 2 aliphatic rings. The predicted molar refractivity (Wildman–Crippen MR) is 172 cm³/mol. The Labute approximate surface area is 274 Å². The summed E-state index contributed by atoms with van der Waals surface area (Å²) in [7, 11) is 0. The standard InChI is InChI=1S/C31H14F6O2S6/c32-29(33)23-14-12-19(16-4-1-9-40-16)44-25(14)28(21-5-2-10-41-21,22-6-3-11-42-22)26-15(24(23)30(34,35)31(29,36)37)13-20(45-26)17-7-8-18(43-17)27(38)39/h1-13H,(H,38,39). The Morgan fingerprint density at radius 1 is 0.600 bits per heavy atom. The number of fused-ring (bicyclic) bond motifs is 4. The maximum absolute atomic E-state index is 16.1. The molecule has 0 spiro atoms. The minimum atomic E-state index is -5.70. The average Bonchev–Trinajstić information content (AvgIpc) is 3.82. The lowest BCUT2D eigenvalue weighted by Crippen LogP contribution is -2.49. The molecule has 0 aromatic carbocycles. The van der Waals surface area contributed by atoms with Gasteiger partial charge in [0.2, 0.25) is 0 Å². The molecule has 0 amide bonds. The van der Waals surface area contributed by atoms with Crippen LogP contribution < -0.4 is 0 Å². The van der Waals surface area contributed by atoms with Crippen LogP contribution in [0.15, 0.2) is 76.8 Å². The lowest BCUT2D eigenvalue weighted by atomic mass is 9.78. The fourth-order valence-electron chi connectivity index (χ4n) is 6.05. The molecule has 0 saturated heterocycles. The second-order valence-corrected chi connectivity index (χ2v) is 16.4. The summed E-state index contributed by atoms with van der Waals surface area (Å²) in [4.78, 5) is 15.3. The number of halogens is 6. The highest BCUT2D eigenvalue weighted by Gasteiger charge is 2.81. The third kappa shape index (κ3) is 3.75. The molecule has 2 nitrogen and oxygen atoms in total. The van der Waals surface area contributed by atoms with Crippen molar-refractivity contribution in [2.75, 3.05) is 0 Å². The van der Waals surface area contributed by atoms with Gasteiger partial charge in [-0.3, -0.25) is 0 Å². The Hall–Kier alpha value is -3.01. The summed E-state index contributed by atoms with van der Waals surface area (Å²) in [5, 5.41) is 14.9. The highest BCUT2D eigenvalue weighted by molar-refractivity contribution is 7.24. The number of carboxylic acids is 1. The molecule has 0 fully saturated rings. The second kappa shape index (κ2) is 9.75. The normalized spacial score (nSPS) is 18.8. The lowest BCUT2D eigenvalue weighted by molar-refractivity contribution is -0.254. The van der Waals surface area contributed by atoms with E-state index in [1.807, 2.05) is 0 Å². The summed E-state index contributed by atoms with van der Waals surface area (Å²) in [5.74, 6) is -17.3. The van der Waals surface area contributed by atoms with Crippen molar-refractivity contribution in [3.8, 4) is 19.5 Å². The van der Waals surface area contributed by atoms with Gasteiger partial charge in [-0.1, -0.05) is 18.2 Å². The lowest BCUT2D eigenvalue weighted by Gasteiger charge is -2.34. The van der Waals surface area contributed by atoms with Crippen LogP contribution in [0.1, 0.15) is 40.3 Å². The highest BCUT2D eigenvalue weighted by Crippen LogP contribution is 2.70. The van der Waals surface area contributed by atoms with Gasteiger partial charge in [-0.25, -0.2) is 4.79 Å². The molecule has 2 aliphatic carbocycles. The summed E-state index contributed by atoms with van der Waals surface area (Å²) in [6.45, 7) is 0. The zero-order valence-corrected chi connectivity index (χ0v) is 27.0. The van der Waals surface area contributed by atoms with Crippen molar-refractivity contribution in [3.63, 3.8) is 0 Å². The van der Waals surface area contributed by atoms with Gasteiger partial charge in [-0.2, -0.15) is 26.3 Å². The Balaban J connectivity index is 1.57. The van der Waals surface area contributed by atoms with Crippen LogP contribution in [0.5, 0.6) is 0 Å². The molecule has 0 unspecified atom stereocenters. The number of allylic oxidation sites excluding steroid dienone is 2. The third-order valence-corrected chi connectivity index (χ3v) is 14.8. The van der Waals surface area contributed by atoms with E-state index in [1.54, 1.807) is 52.5 Å². The molecule has 0 aliphatic heterocycles. The van der Waals surface area contributed by atoms with Gasteiger partial charge >= 0.3 is 23.7 Å². The molecule has 14 heteroatoms. The van der Waals surface area contributed by atoms with Gasteiger partial charge in [0.25, 0.3) is 0 Å². The molecule has 6 aromatic heterocycles. The van der Waals surface area contributed by atoms with Crippen molar-refractivity contribution in [1.29, 1.82) is 0 Å². The number of aromatic carboxylic acids is 1. The topological polar surface area (TPSA) is 37.3 Å². The van der Waals surface area contributed by atoms with Crippen molar-refractivity contribution in [1.82, 2.24) is 0 Å². The molecule has 6 aromatic rings. The van der Waals surface area contributed by atoms with E-state index in [0.29, 0.717) is 29.3 Å². The van der Waals surface area contributed by atoms with Crippen LogP contribution in [-0.2, 0) is 5.41 Å². The molecular weight excluding hydrogens is 711 g/mol. The molecular formula is C31H14F6O2S6. The minimum Gasteiger partial charge on any atom is -0.477 e. The first-order valence-electron chi connectivity index (χ1n) is 13.0. The van der Waals surface area contributed by atoms with Crippen molar-refractivity contribution in [3.05, 3.63) is 112 Å². The van der Waals surface area contributed by atoms with Crippen LogP contribution in [0, 0.1) is 0 Å². The van der Waals surface area contributed by atoms with Crippen molar-refractivity contribution < 1.29 is 36.2 Å². The maximum atomic E-state index is 16.1. The average molecular weight is 725 g/mol. The van der Waals surface area contributed by atoms with E-state index >= 15 is 26.3 Å². The quantitative estimate of drug-likeness (QED) is 0.180. The predicted octanol–water partition coefficient (Wildman–Crippen LogP) is 11.6. The van der Waals surface area contributed by atoms with Crippen molar-refractivity contribution in [2.24, 2.45) is 0 Å². The van der Waals surface area contributed by atoms with Gasteiger partial charge in [-0.05, 0) is 58.6 Å². The largest absolute Gasteiger partial charge is 0.477 e. The third-order valence-electron chi connectivity index (χ3n) is 7.96. The zero-order valence-electron chi connectivity index (χ0n) is 22.1. The Morgan fingerprint density at radius 3 is 1.56 bits per heavy atom. The van der Waals surface area contributed by atoms with E-state index in [-0.39, 0.29) is 25.8 Å². The summed E-state index contributed by atoms with van der Waals surface area (Å²) in [5.41, 5.74) is -4.87. The van der Waals surface area contributed by atoms with Gasteiger partial charge in [0.15, 0.2) is 0 Å². The molecule has 0 atom stereocenters. The van der Waals surface area contributed by atoms with E-state index < -0.39 is 40.3 Å². The number of thiophene rings is 6. The Kier molecular flexibility index (Phi) is 6.37. The van der Waals surface area contributed by atoms with Gasteiger partial charge < -0.3 is 5.11 Å². The Bertz CT molecular complexity index is 2090. The van der Waals surface area contributed by atoms with Gasteiger partial charge in [-0.15, -0.1) is 68.0 Å². The van der Waals surface area contributed by atoms with Crippen LogP contribution in [-0.4, -0.2) is 28.8 Å². The van der Waals surface area contributed by atoms with Crippen LogP contribution in [0.4, 0.5) is 26.3 Å². The van der Waals surface area contributed by atoms with E-state index in [4.69, 9.17) is 0 Å². The molecule has 6 heterocycles. The minimum absolute atomic E-state index is 0.0123. The number of alkyl halides is 6. The molecule has 0 bridgehead atoms. The Morgan fingerprint density at radius 2 is 1.11 bits per heavy atom. The molecule has 45 heavy (non-hydrogen) atoms. The van der Waals surface area contributed by atoms with Crippen molar-refractivity contribution in [2.45, 2.75) is 23.2 Å². The van der Waals surface area contributed by atoms with Gasteiger partial charge in [0.05, 0.1) is 0 Å². The molecule has 0 radical (unpaired) electrons. The molecule has 228 valence electrons. The SMILES string of the molecule is O=C(O)c1ccc(-c2cc3c(s2)C(c2cccs2)(c2cccs2)c2sc(-c4cccs4)cc2C2=C3C(F)(F)C(F)(F)C2(F)F)s1. The van der Waals surface area contributed by atoms with E-state index in [0.717, 1.165) is 34.0 Å². The molecule has 0 saturated carbocycles. The van der Waals surface area contributed by atoms with Crippen LogP contribution in [0.25, 0.3) is 30.7 Å². The first kappa shape index (κ1) is 29.4. The van der Waals surface area contributed by atoms with E-state index in [1.165, 1.54) is 58.3 Å². The number of carbonyl (C=O) groups is 1. The second-order valence-electron chi connectivity index (χ2n) is 10.3. The smallest absolute Gasteiger partial charge is 0.380 e. The number of hydrogen-bond acceptors (Lipinski definition) is 7. The first-order valence-corrected chi connectivity index (χ1v) is 18.1. The van der Waals surface area contributed by atoms with Crippen LogP contribution in [0.3, 0.4) is 0 Å². The summed E-state index contributed by atoms with van der Waals surface area (Å²) in [6.07, 6.45) is 0. The van der Waals surface area contributed by atoms with E-state index in [2.05, 4.69) is 0 Å². The monoisotopic (exact) mass is 724 g/mol. The number of rotatable bonds is 5. The summed E-state index contributed by atoms with van der Waals surface area (Å²) < 4.78 is 95.1. The van der Waals surface area contributed by atoms with Gasteiger partial charge in [0, 0.05) is 61.3 Å². The van der Waals surface area contributed by atoms with E-state index in [9.17, 15) is 9.90 Å². The zero-order chi connectivity index (χ0) is 31.5. The number of hydrogen-bond donors (Lipinski definition) is 1. The summed E-state index contributed by atoms with van der Waals surface area (Å²) >= 11 is 7.02. The fourth-order valence-corrected chi connectivity index (χ4v) is 12.9. The van der Waals surface area contributed by atoms with Crippen molar-refractivity contribution >= 4 is 85.1 Å². The fraction of sp³-hybridized carbons (Fsp3) is 0.129. The number of carboxylic acid groups (broad SMARTS) is 1. The highest BCUT2D eigenvalue weighted by atomic mass is 32.1. The molecule has 8 rings (SSSR count). The van der Waals surface area contributed by atoms with Crippen LogP contribution >= 0.6 is 68.0 Å². The van der Waals surface area contributed by atoms with Gasteiger partial charge in [0.1, 0.15) is 10.3 Å². The summed E-state index contributed by atoms with van der Waals surface area (Å²) in [6, 6.07) is 16.2.